The van der Waals surface area contributed by atoms with E-state index < -0.39 is 0 Å². The fraction of sp³-hybridized carbons (Fsp3) is 0.125. The van der Waals surface area contributed by atoms with Crippen molar-refractivity contribution in [3.8, 4) is 0 Å². The lowest BCUT2D eigenvalue weighted by molar-refractivity contribution is -0.116. The van der Waals surface area contributed by atoms with Crippen LogP contribution >= 0.6 is 15.9 Å². The molecule has 0 atom stereocenters. The molecule has 0 saturated heterocycles. The number of furan rings is 1. The average molecular weight is 378 g/mol. The molecule has 6 nitrogen and oxygen atoms in total. The molecule has 1 aromatic carbocycles. The largest absolute Gasteiger partial charge is 0.467 e. The smallest absolute Gasteiger partial charge is 0.269 e. The Labute approximate surface area is 142 Å². The molecule has 0 saturated carbocycles. The molecule has 2 aromatic rings. The zero-order chi connectivity index (χ0) is 16.7. The summed E-state index contributed by atoms with van der Waals surface area (Å²) in [6, 6.07) is 10.5. The number of allylic oxidation sites excluding steroid dienone is 1. The van der Waals surface area contributed by atoms with Gasteiger partial charge in [0.1, 0.15) is 5.76 Å². The lowest BCUT2D eigenvalue weighted by Gasteiger charge is -2.09. The van der Waals surface area contributed by atoms with Crippen LogP contribution in [-0.2, 0) is 11.3 Å². The molecule has 0 aliphatic heterocycles. The normalized spacial score (nSPS) is 11.0. The highest BCUT2D eigenvalue weighted by Crippen LogP contribution is 2.10. The first-order chi connectivity index (χ1) is 11.0. The monoisotopic (exact) mass is 377 g/mol. The molecule has 0 fully saturated rings. The molecule has 1 heterocycles. The zero-order valence-corrected chi connectivity index (χ0v) is 14.0. The first kappa shape index (κ1) is 16.8. The van der Waals surface area contributed by atoms with Crippen LogP contribution < -0.4 is 16.2 Å². The lowest BCUT2D eigenvalue weighted by atomic mass is 10.2. The Balaban J connectivity index is 1.78. The number of amides is 2. The molecule has 0 radical (unpaired) electrons. The number of hydrazine groups is 1. The SMILES string of the molecule is CC(=CC(=O)NCc1ccco1)NNC(=O)c1ccc(Br)cc1. The van der Waals surface area contributed by atoms with E-state index in [1.807, 2.05) is 0 Å². The van der Waals surface area contributed by atoms with Crippen molar-refractivity contribution in [3.63, 3.8) is 0 Å². The van der Waals surface area contributed by atoms with Crippen molar-refractivity contribution >= 4 is 27.7 Å². The van der Waals surface area contributed by atoms with Crippen LogP contribution in [0.3, 0.4) is 0 Å². The van der Waals surface area contributed by atoms with Gasteiger partial charge in [0.25, 0.3) is 5.91 Å². The predicted octanol–water partition coefficient (Wildman–Crippen LogP) is 2.50. The highest BCUT2D eigenvalue weighted by molar-refractivity contribution is 9.10. The second-order valence-electron chi connectivity index (χ2n) is 4.71. The molecule has 0 spiro atoms. The summed E-state index contributed by atoms with van der Waals surface area (Å²) >= 11 is 3.31. The predicted molar refractivity (Wildman–Crippen MR) is 89.1 cm³/mol. The number of nitrogens with one attached hydrogen (secondary N) is 3. The lowest BCUT2D eigenvalue weighted by Crippen LogP contribution is -2.36. The van der Waals surface area contributed by atoms with E-state index in [-0.39, 0.29) is 11.8 Å². The van der Waals surface area contributed by atoms with Gasteiger partial charge in [-0.25, -0.2) is 0 Å². The molecule has 0 unspecified atom stereocenters. The van der Waals surface area contributed by atoms with E-state index in [1.54, 1.807) is 49.6 Å². The van der Waals surface area contributed by atoms with Gasteiger partial charge in [0, 0.05) is 21.8 Å². The van der Waals surface area contributed by atoms with Gasteiger partial charge in [-0.2, -0.15) is 0 Å². The van der Waals surface area contributed by atoms with Crippen molar-refractivity contribution in [2.75, 3.05) is 0 Å². The minimum Gasteiger partial charge on any atom is -0.467 e. The third-order valence-electron chi connectivity index (χ3n) is 2.84. The van der Waals surface area contributed by atoms with E-state index in [4.69, 9.17) is 4.42 Å². The molecule has 23 heavy (non-hydrogen) atoms. The van der Waals surface area contributed by atoms with Crippen LogP contribution in [0.25, 0.3) is 0 Å². The van der Waals surface area contributed by atoms with Crippen LogP contribution in [0.4, 0.5) is 0 Å². The summed E-state index contributed by atoms with van der Waals surface area (Å²) in [6.45, 7) is 1.98. The maximum atomic E-state index is 11.9. The number of carbonyl (C=O) groups excluding carboxylic acids is 2. The van der Waals surface area contributed by atoms with Crippen LogP contribution in [0.15, 0.2) is 63.3 Å². The van der Waals surface area contributed by atoms with Crippen LogP contribution in [0.1, 0.15) is 23.0 Å². The van der Waals surface area contributed by atoms with Crippen LogP contribution in [0, 0.1) is 0 Å². The maximum absolute atomic E-state index is 11.9. The van der Waals surface area contributed by atoms with E-state index in [9.17, 15) is 9.59 Å². The van der Waals surface area contributed by atoms with Crippen molar-refractivity contribution < 1.29 is 14.0 Å². The number of carbonyl (C=O) groups is 2. The summed E-state index contributed by atoms with van der Waals surface area (Å²) in [4.78, 5) is 23.6. The number of hydrogen-bond acceptors (Lipinski definition) is 4. The average Bonchev–Trinajstić information content (AvgIpc) is 3.05. The summed E-state index contributed by atoms with van der Waals surface area (Å²) in [5, 5.41) is 2.67. The third kappa shape index (κ3) is 5.63. The summed E-state index contributed by atoms with van der Waals surface area (Å²) in [5.74, 6) is 0.0893. The van der Waals surface area contributed by atoms with Crippen molar-refractivity contribution in [2.45, 2.75) is 13.5 Å². The molecule has 0 bridgehead atoms. The van der Waals surface area contributed by atoms with Crippen molar-refractivity contribution in [1.82, 2.24) is 16.2 Å². The van der Waals surface area contributed by atoms with E-state index in [2.05, 4.69) is 32.1 Å². The molecule has 3 N–H and O–H groups in total. The third-order valence-corrected chi connectivity index (χ3v) is 3.37. The summed E-state index contributed by atoms with van der Waals surface area (Å²) < 4.78 is 6.01. The van der Waals surface area contributed by atoms with E-state index >= 15 is 0 Å². The van der Waals surface area contributed by atoms with Gasteiger partial charge >= 0.3 is 0 Å². The van der Waals surface area contributed by atoms with Gasteiger partial charge in [0.15, 0.2) is 0 Å². The molecule has 0 aliphatic rings. The molecule has 7 heteroatoms. The van der Waals surface area contributed by atoms with Gasteiger partial charge < -0.3 is 15.2 Å². The number of halogens is 1. The van der Waals surface area contributed by atoms with Crippen LogP contribution in [0.2, 0.25) is 0 Å². The van der Waals surface area contributed by atoms with E-state index in [0.29, 0.717) is 23.6 Å². The van der Waals surface area contributed by atoms with Crippen molar-refractivity contribution in [1.29, 1.82) is 0 Å². The van der Waals surface area contributed by atoms with Crippen molar-refractivity contribution in [3.05, 3.63) is 70.2 Å². The highest BCUT2D eigenvalue weighted by atomic mass is 79.9. The Kier molecular flexibility index (Phi) is 5.99. The first-order valence-electron chi connectivity index (χ1n) is 6.85. The first-order valence-corrected chi connectivity index (χ1v) is 7.64. The maximum Gasteiger partial charge on any atom is 0.269 e. The molecular weight excluding hydrogens is 362 g/mol. The summed E-state index contributed by atoms with van der Waals surface area (Å²) in [7, 11) is 0. The van der Waals surface area contributed by atoms with Crippen molar-refractivity contribution in [2.24, 2.45) is 0 Å². The standard InChI is InChI=1S/C16H16BrN3O3/c1-11(9-15(21)18-10-14-3-2-8-23-14)19-20-16(22)12-4-6-13(17)7-5-12/h2-9,19H,10H2,1H3,(H,18,21)(H,20,22). The van der Waals surface area contributed by atoms with Gasteiger partial charge in [0.05, 0.1) is 12.8 Å². The topological polar surface area (TPSA) is 83.4 Å². The number of rotatable bonds is 6. The molecule has 2 rings (SSSR count). The highest BCUT2D eigenvalue weighted by Gasteiger charge is 2.05. The quantitative estimate of drug-likeness (QED) is 0.533. The Bertz CT molecular complexity index is 694. The Morgan fingerprint density at radius 2 is 1.91 bits per heavy atom. The minimum atomic E-state index is -0.291. The Morgan fingerprint density at radius 1 is 1.17 bits per heavy atom. The second kappa shape index (κ2) is 8.19. The van der Waals surface area contributed by atoms with Gasteiger partial charge in [-0.1, -0.05) is 15.9 Å². The van der Waals surface area contributed by atoms with Crippen LogP contribution in [-0.4, -0.2) is 11.8 Å². The number of benzene rings is 1. The van der Waals surface area contributed by atoms with Crippen LogP contribution in [0.5, 0.6) is 0 Å². The van der Waals surface area contributed by atoms with E-state index in [1.165, 1.54) is 6.08 Å². The van der Waals surface area contributed by atoms with Gasteiger partial charge in [-0.05, 0) is 43.3 Å². The number of hydrogen-bond donors (Lipinski definition) is 3. The summed E-state index contributed by atoms with van der Waals surface area (Å²) in [5.41, 5.74) is 6.22. The van der Waals surface area contributed by atoms with Gasteiger partial charge in [0.2, 0.25) is 5.91 Å². The Hall–Kier alpha value is -2.54. The zero-order valence-electron chi connectivity index (χ0n) is 12.4. The summed E-state index contributed by atoms with van der Waals surface area (Å²) in [6.07, 6.45) is 2.90. The molecule has 2 amide bonds. The molecule has 0 aliphatic carbocycles. The van der Waals surface area contributed by atoms with Gasteiger partial charge in [-0.15, -0.1) is 0 Å². The fourth-order valence-corrected chi connectivity index (χ4v) is 1.96. The fourth-order valence-electron chi connectivity index (χ4n) is 1.70. The Morgan fingerprint density at radius 3 is 2.57 bits per heavy atom. The second-order valence-corrected chi connectivity index (χ2v) is 5.63. The molecular formula is C16H16BrN3O3. The minimum absolute atomic E-state index is 0.288. The molecule has 120 valence electrons. The van der Waals surface area contributed by atoms with Gasteiger partial charge in [-0.3, -0.25) is 15.0 Å². The molecule has 1 aromatic heterocycles. The van der Waals surface area contributed by atoms with E-state index in [0.717, 1.165) is 4.47 Å².